The molecule has 8 nitrogen and oxygen atoms in total. The third-order valence-corrected chi connectivity index (χ3v) is 7.00. The van der Waals surface area contributed by atoms with Crippen molar-refractivity contribution in [2.45, 2.75) is 80.4 Å². The van der Waals surface area contributed by atoms with Gasteiger partial charge in [0.25, 0.3) is 0 Å². The largest absolute Gasteiger partial charge is 0.395 e. The van der Waals surface area contributed by atoms with E-state index in [0.29, 0.717) is 18.9 Å². The molecule has 11 heteroatoms. The lowest BCUT2D eigenvalue weighted by molar-refractivity contribution is -0.205. The summed E-state index contributed by atoms with van der Waals surface area (Å²) in [5, 5.41) is 42.4. The first-order valence-corrected chi connectivity index (χ1v) is 12.0. The molecule has 0 spiro atoms. The van der Waals surface area contributed by atoms with Crippen molar-refractivity contribution < 1.29 is 30.0 Å². The second kappa shape index (κ2) is 13.0. The molecule has 0 saturated carbocycles. The Kier molecular flexibility index (Phi) is 12.2. The average Bonchev–Trinajstić information content (AvgIpc) is 3.08. The molecule has 0 aromatic rings. The van der Waals surface area contributed by atoms with E-state index < -0.39 is 41.3 Å². The summed E-state index contributed by atoms with van der Waals surface area (Å²) in [6, 6.07) is -1.14. The van der Waals surface area contributed by atoms with Crippen molar-refractivity contribution in [3.63, 3.8) is 0 Å². The number of nitrogens with zero attached hydrogens (tertiary/aromatic N) is 1. The normalized spacial score (nSPS) is 36.7. The Morgan fingerprint density at radius 3 is 2.50 bits per heavy atom. The fraction of sp³-hybridized carbons (Fsp3) is 0.947. The van der Waals surface area contributed by atoms with Gasteiger partial charge < -0.3 is 30.5 Å². The summed E-state index contributed by atoms with van der Waals surface area (Å²) in [6.07, 6.45) is -0.490. The smallest absolute Gasteiger partial charge is 0.237 e. The number of halogens is 2. The van der Waals surface area contributed by atoms with Crippen molar-refractivity contribution in [2.24, 2.45) is 5.92 Å². The zero-order valence-electron chi connectivity index (χ0n) is 17.7. The van der Waals surface area contributed by atoms with Gasteiger partial charge in [-0.3, -0.25) is 9.69 Å². The highest BCUT2D eigenvalue weighted by atomic mass is 35.5. The first-order valence-electron chi connectivity index (χ1n) is 10.3. The summed E-state index contributed by atoms with van der Waals surface area (Å²) in [4.78, 5) is 15.1. The summed E-state index contributed by atoms with van der Waals surface area (Å²) in [5.41, 5.74) is -0.737. The highest BCUT2D eigenvalue weighted by Crippen LogP contribution is 2.31. The van der Waals surface area contributed by atoms with Gasteiger partial charge in [-0.15, -0.1) is 35.8 Å². The lowest BCUT2D eigenvalue weighted by atomic mass is 9.92. The fourth-order valence-electron chi connectivity index (χ4n) is 4.35. The number of hydrogen-bond donors (Lipinski definition) is 5. The van der Waals surface area contributed by atoms with Gasteiger partial charge in [-0.2, -0.15) is 0 Å². The predicted octanol–water partition coefficient (Wildman–Crippen LogP) is 0.174. The van der Waals surface area contributed by atoms with Crippen LogP contribution in [0.25, 0.3) is 0 Å². The molecule has 0 aliphatic carbocycles. The molecule has 2 aliphatic rings. The molecule has 2 rings (SSSR count). The van der Waals surface area contributed by atoms with E-state index >= 15 is 0 Å². The van der Waals surface area contributed by atoms with Crippen LogP contribution in [0.4, 0.5) is 0 Å². The van der Waals surface area contributed by atoms with Crippen LogP contribution in [-0.4, -0.2) is 104 Å². The Hall–Kier alpha value is 0.160. The summed E-state index contributed by atoms with van der Waals surface area (Å²) in [6.45, 7) is 4.95. The third-order valence-electron chi connectivity index (χ3n) is 5.87. The maximum atomic E-state index is 13.1. The number of alkyl halides is 1. The number of amides is 1. The van der Waals surface area contributed by atoms with Crippen LogP contribution in [0.2, 0.25) is 0 Å². The topological polar surface area (TPSA) is 122 Å². The number of thioether (sulfide) groups is 1. The number of rotatable bonds is 9. The van der Waals surface area contributed by atoms with Gasteiger partial charge >= 0.3 is 0 Å². The Morgan fingerprint density at radius 1 is 1.30 bits per heavy atom. The maximum absolute atomic E-state index is 13.1. The minimum absolute atomic E-state index is 0. The van der Waals surface area contributed by atoms with Gasteiger partial charge in [-0.05, 0) is 31.9 Å². The number of carbonyl (C=O) groups excluding carboxylic acids is 1. The van der Waals surface area contributed by atoms with Crippen molar-refractivity contribution in [2.75, 3.05) is 26.0 Å². The van der Waals surface area contributed by atoms with Gasteiger partial charge in [0, 0.05) is 13.1 Å². The first-order chi connectivity index (χ1) is 13.7. The number of aliphatic hydroxyl groups excluding tert-OH is 4. The quantitative estimate of drug-likeness (QED) is 0.290. The second-order valence-corrected chi connectivity index (χ2v) is 9.64. The van der Waals surface area contributed by atoms with Crippen LogP contribution in [0.15, 0.2) is 0 Å². The van der Waals surface area contributed by atoms with E-state index in [0.717, 1.165) is 19.4 Å². The summed E-state index contributed by atoms with van der Waals surface area (Å²) >= 11 is 7.55. The van der Waals surface area contributed by atoms with Crippen LogP contribution in [-0.2, 0) is 9.53 Å². The molecule has 1 amide bonds. The van der Waals surface area contributed by atoms with Gasteiger partial charge in [0.15, 0.2) is 0 Å². The summed E-state index contributed by atoms with van der Waals surface area (Å²) in [7, 11) is 0. The Balaban J connectivity index is 0.00000450. The lowest BCUT2D eigenvalue weighted by Crippen LogP contribution is -2.65. The number of aliphatic hydroxyl groups is 4. The molecule has 0 bridgehead atoms. The Labute approximate surface area is 194 Å². The molecule has 0 unspecified atom stereocenters. The Bertz CT molecular complexity index is 533. The zero-order chi connectivity index (χ0) is 21.7. The second-order valence-electron chi connectivity index (χ2n) is 8.01. The van der Waals surface area contributed by atoms with Crippen molar-refractivity contribution in [3.05, 3.63) is 0 Å². The molecule has 2 aliphatic heterocycles. The Morgan fingerprint density at radius 2 is 1.97 bits per heavy atom. The van der Waals surface area contributed by atoms with Crippen LogP contribution in [0, 0.1) is 5.92 Å². The van der Waals surface area contributed by atoms with E-state index in [1.165, 1.54) is 11.8 Å². The maximum Gasteiger partial charge on any atom is 0.237 e. The number of β-amino-alcohol motifs (C(OH)–C–C–N with tert-alkyl or cyclic N) is 1. The first kappa shape index (κ1) is 28.2. The number of carbonyl (C=O) groups is 1. The van der Waals surface area contributed by atoms with Gasteiger partial charge in [-0.1, -0.05) is 13.3 Å². The fourth-order valence-corrected chi connectivity index (χ4v) is 5.23. The number of hydrogen-bond acceptors (Lipinski definition) is 8. The van der Waals surface area contributed by atoms with E-state index in [4.69, 9.17) is 16.3 Å². The molecule has 5 N–H and O–H groups in total. The van der Waals surface area contributed by atoms with Gasteiger partial charge in [0.2, 0.25) is 5.91 Å². The van der Waals surface area contributed by atoms with Crippen molar-refractivity contribution in [1.82, 2.24) is 10.2 Å². The van der Waals surface area contributed by atoms with Crippen LogP contribution >= 0.6 is 35.8 Å². The monoisotopic (exact) mass is 490 g/mol. The van der Waals surface area contributed by atoms with Crippen LogP contribution in [0.1, 0.15) is 33.1 Å². The molecule has 9 atom stereocenters. The molecule has 2 heterocycles. The van der Waals surface area contributed by atoms with Gasteiger partial charge in [0.1, 0.15) is 29.9 Å². The minimum Gasteiger partial charge on any atom is -0.395 e. The summed E-state index contributed by atoms with van der Waals surface area (Å²) < 4.78 is 5.80. The van der Waals surface area contributed by atoms with E-state index in [2.05, 4.69) is 12.2 Å². The molecule has 178 valence electrons. The van der Waals surface area contributed by atoms with Crippen molar-refractivity contribution in [1.29, 1.82) is 0 Å². The highest BCUT2D eigenvalue weighted by molar-refractivity contribution is 7.99. The average molecular weight is 491 g/mol. The van der Waals surface area contributed by atoms with E-state index in [9.17, 15) is 25.2 Å². The van der Waals surface area contributed by atoms with Crippen LogP contribution in [0.5, 0.6) is 0 Å². The predicted molar refractivity (Wildman–Crippen MR) is 120 cm³/mol. The summed E-state index contributed by atoms with van der Waals surface area (Å²) in [5.74, 6) is 0.162. The molecule has 0 aromatic carbocycles. The minimum atomic E-state index is -1.40. The van der Waals surface area contributed by atoms with Crippen LogP contribution < -0.4 is 5.32 Å². The van der Waals surface area contributed by atoms with Gasteiger partial charge in [-0.25, -0.2) is 0 Å². The van der Waals surface area contributed by atoms with Crippen LogP contribution in [0.3, 0.4) is 0 Å². The van der Waals surface area contributed by atoms with Crippen molar-refractivity contribution >= 4 is 41.7 Å². The molecule has 30 heavy (non-hydrogen) atoms. The van der Waals surface area contributed by atoms with Gasteiger partial charge in [0.05, 0.1) is 24.1 Å². The third kappa shape index (κ3) is 6.59. The van der Waals surface area contributed by atoms with E-state index in [1.54, 1.807) is 13.2 Å². The lowest BCUT2D eigenvalue weighted by Gasteiger charge is -2.44. The highest BCUT2D eigenvalue weighted by Gasteiger charge is 2.48. The van der Waals surface area contributed by atoms with E-state index in [-0.39, 0.29) is 31.0 Å². The molecule has 0 aromatic heterocycles. The molecule has 2 saturated heterocycles. The molecule has 0 radical (unpaired) electrons. The van der Waals surface area contributed by atoms with E-state index in [1.807, 2.05) is 4.90 Å². The molecule has 2 fully saturated rings. The number of likely N-dealkylation sites (tertiary alicyclic amines) is 1. The molecular formula is C19H36Cl2N2O6S. The number of nitrogens with one attached hydrogen (secondary N) is 1. The standard InChI is InChI=1S/C19H35ClN2O6S.ClH/c1-4-5-11-8-12(22(9-11)6-7-23)18(27)21-13(10(2)20)17-15(25)14(24)16(26)19(28-17)29-3;/h10-17,19,23-26H,4-9H2,1-3H3,(H,21,27);1H/t10-,11+,12-,13+,14-,15+,16+,17+,19+;/m0./s1. The van der Waals surface area contributed by atoms with Crippen molar-refractivity contribution in [3.8, 4) is 0 Å². The SMILES string of the molecule is CCC[C@@H]1C[C@@H](C(=O)N[C@@H]([C@H]2O[C@H](SC)[C@H](O)[C@@H](O)[C@H]2O)[C@H](C)Cl)N(CCO)C1.Cl. The number of ether oxygens (including phenoxy) is 1. The molecular weight excluding hydrogens is 455 g/mol. The zero-order valence-corrected chi connectivity index (χ0v) is 20.1.